The van der Waals surface area contributed by atoms with Gasteiger partial charge in [0.25, 0.3) is 0 Å². The molecule has 0 aromatic carbocycles. The molecule has 0 saturated heterocycles. The number of hydrogen-bond donors (Lipinski definition) is 1. The highest BCUT2D eigenvalue weighted by Crippen LogP contribution is 2.44. The molecule has 0 radical (unpaired) electrons. The molecule has 1 aromatic heterocycles. The quantitative estimate of drug-likeness (QED) is 0.876. The average molecular weight is 239 g/mol. The minimum atomic E-state index is 0.0486. The molecule has 16 heavy (non-hydrogen) atoms. The second-order valence-electron chi connectivity index (χ2n) is 3.77. The van der Waals surface area contributed by atoms with Gasteiger partial charge in [-0.2, -0.15) is 5.26 Å². The second kappa shape index (κ2) is 5.08. The zero-order valence-corrected chi connectivity index (χ0v) is 10.9. The van der Waals surface area contributed by atoms with E-state index in [2.05, 4.69) is 6.07 Å². The van der Waals surface area contributed by atoms with Crippen LogP contribution in [-0.2, 0) is 0 Å². The minimum absolute atomic E-state index is 0.0486. The average Bonchev–Trinajstić information content (AvgIpc) is 2.55. The summed E-state index contributed by atoms with van der Waals surface area (Å²) in [6.45, 7) is 6.78. The molecule has 0 atom stereocenters. The highest BCUT2D eigenvalue weighted by Gasteiger charge is 2.20. The second-order valence-corrected chi connectivity index (χ2v) is 4.77. The molecular weight excluding hydrogens is 222 g/mol. The monoisotopic (exact) mass is 239 g/mol. The molecule has 0 aliphatic heterocycles. The van der Waals surface area contributed by atoms with Gasteiger partial charge in [0.2, 0.25) is 0 Å². The number of ether oxygens (including phenoxy) is 1. The fraction of sp³-hybridized carbons (Fsp3) is 0.545. The molecule has 0 amide bonds. The Hall–Kier alpha value is -1.41. The van der Waals surface area contributed by atoms with Crippen molar-refractivity contribution in [2.24, 2.45) is 0 Å². The van der Waals surface area contributed by atoms with Crippen LogP contribution in [0.3, 0.4) is 0 Å². The fourth-order valence-electron chi connectivity index (χ4n) is 1.24. The first-order valence-electron chi connectivity index (χ1n) is 5.21. The van der Waals surface area contributed by atoms with Crippen LogP contribution < -0.4 is 15.4 Å². The van der Waals surface area contributed by atoms with Crippen molar-refractivity contribution in [2.45, 2.75) is 26.9 Å². The molecule has 0 spiro atoms. The van der Waals surface area contributed by atoms with E-state index < -0.39 is 0 Å². The summed E-state index contributed by atoms with van der Waals surface area (Å²) in [6, 6.07) is 2.10. The number of thiophene rings is 1. The van der Waals surface area contributed by atoms with E-state index in [1.54, 1.807) is 0 Å². The summed E-state index contributed by atoms with van der Waals surface area (Å²) in [5.41, 5.74) is 6.35. The van der Waals surface area contributed by atoms with Crippen LogP contribution in [0.2, 0.25) is 0 Å². The molecule has 1 rings (SSSR count). The van der Waals surface area contributed by atoms with Crippen LogP contribution in [0.1, 0.15) is 25.6 Å². The van der Waals surface area contributed by atoms with Crippen molar-refractivity contribution < 1.29 is 4.74 Å². The number of hydrogen-bond acceptors (Lipinski definition) is 5. The van der Waals surface area contributed by atoms with Gasteiger partial charge in [-0.1, -0.05) is 0 Å². The Balaban J connectivity index is 3.20. The van der Waals surface area contributed by atoms with Gasteiger partial charge in [0, 0.05) is 13.6 Å². The van der Waals surface area contributed by atoms with Gasteiger partial charge < -0.3 is 15.4 Å². The van der Waals surface area contributed by atoms with Gasteiger partial charge in [-0.25, -0.2) is 0 Å². The number of anilines is 2. The van der Waals surface area contributed by atoms with E-state index in [1.807, 2.05) is 32.7 Å². The van der Waals surface area contributed by atoms with Crippen molar-refractivity contribution in [2.75, 3.05) is 24.2 Å². The first kappa shape index (κ1) is 12.7. The van der Waals surface area contributed by atoms with E-state index in [0.29, 0.717) is 16.3 Å². The van der Waals surface area contributed by atoms with Gasteiger partial charge in [0.15, 0.2) is 5.75 Å². The maximum absolute atomic E-state index is 8.95. The van der Waals surface area contributed by atoms with Gasteiger partial charge >= 0.3 is 0 Å². The van der Waals surface area contributed by atoms with E-state index in [1.165, 1.54) is 11.3 Å². The van der Waals surface area contributed by atoms with Crippen molar-refractivity contribution in [1.82, 2.24) is 0 Å². The number of nitriles is 1. The van der Waals surface area contributed by atoms with E-state index >= 15 is 0 Å². The van der Waals surface area contributed by atoms with E-state index in [4.69, 9.17) is 15.7 Å². The summed E-state index contributed by atoms with van der Waals surface area (Å²) in [5.74, 6) is 0.640. The maximum atomic E-state index is 8.95. The Kier molecular flexibility index (Phi) is 4.02. The molecule has 88 valence electrons. The van der Waals surface area contributed by atoms with Gasteiger partial charge in [-0.05, 0) is 20.8 Å². The van der Waals surface area contributed by atoms with Crippen LogP contribution in [0.15, 0.2) is 0 Å². The van der Waals surface area contributed by atoms with Gasteiger partial charge in [0.05, 0.1) is 6.10 Å². The molecule has 4 nitrogen and oxygen atoms in total. The maximum Gasteiger partial charge on any atom is 0.178 e. The summed E-state index contributed by atoms with van der Waals surface area (Å²) in [5, 5.41) is 9.87. The molecular formula is C11H17N3OS. The van der Waals surface area contributed by atoms with Crippen molar-refractivity contribution >= 4 is 22.0 Å². The molecule has 0 fully saturated rings. The van der Waals surface area contributed by atoms with Crippen LogP contribution in [0.25, 0.3) is 0 Å². The lowest BCUT2D eigenvalue weighted by atomic mass is 10.3. The van der Waals surface area contributed by atoms with E-state index in [-0.39, 0.29) is 6.10 Å². The van der Waals surface area contributed by atoms with Crippen LogP contribution in [0.4, 0.5) is 10.7 Å². The Bertz CT molecular complexity index is 406. The number of nitrogen functional groups attached to an aromatic ring is 1. The predicted octanol–water partition coefficient (Wildman–Crippen LogP) is 2.45. The number of nitrogens with two attached hydrogens (primary N) is 1. The Morgan fingerprint density at radius 3 is 2.62 bits per heavy atom. The molecule has 2 N–H and O–H groups in total. The Morgan fingerprint density at radius 1 is 1.56 bits per heavy atom. The standard InChI is InChI=1S/C11H17N3OS/c1-5-14(4)11-10(15-7(2)3)9(13)8(6-12)16-11/h7H,5,13H2,1-4H3. The van der Waals surface area contributed by atoms with Crippen LogP contribution >= 0.6 is 11.3 Å². The summed E-state index contributed by atoms with van der Waals surface area (Å²) < 4.78 is 5.67. The summed E-state index contributed by atoms with van der Waals surface area (Å²) in [4.78, 5) is 2.55. The lowest BCUT2D eigenvalue weighted by Crippen LogP contribution is -2.16. The van der Waals surface area contributed by atoms with E-state index in [9.17, 15) is 0 Å². The Morgan fingerprint density at radius 2 is 2.19 bits per heavy atom. The normalized spacial score (nSPS) is 10.2. The molecule has 0 bridgehead atoms. The third kappa shape index (κ3) is 2.39. The van der Waals surface area contributed by atoms with Crippen LogP contribution in [-0.4, -0.2) is 19.7 Å². The Labute approximate surface area is 100 Å². The summed E-state index contributed by atoms with van der Waals surface area (Å²) in [7, 11) is 1.96. The largest absolute Gasteiger partial charge is 0.486 e. The highest BCUT2D eigenvalue weighted by atomic mass is 32.1. The lowest BCUT2D eigenvalue weighted by Gasteiger charge is -2.18. The smallest absolute Gasteiger partial charge is 0.178 e. The van der Waals surface area contributed by atoms with Crippen LogP contribution in [0.5, 0.6) is 5.75 Å². The van der Waals surface area contributed by atoms with Gasteiger partial charge in [0.1, 0.15) is 21.6 Å². The fourth-order valence-corrected chi connectivity index (χ4v) is 2.22. The number of rotatable bonds is 4. The molecule has 5 heteroatoms. The topological polar surface area (TPSA) is 62.3 Å². The van der Waals surface area contributed by atoms with Crippen molar-refractivity contribution in [3.05, 3.63) is 4.88 Å². The third-order valence-corrected chi connectivity index (χ3v) is 3.36. The molecule has 0 saturated carbocycles. The van der Waals surface area contributed by atoms with Gasteiger partial charge in [-0.15, -0.1) is 11.3 Å². The first-order chi connectivity index (χ1) is 7.51. The lowest BCUT2D eigenvalue weighted by molar-refractivity contribution is 0.245. The first-order valence-corrected chi connectivity index (χ1v) is 6.03. The van der Waals surface area contributed by atoms with Crippen molar-refractivity contribution in [3.63, 3.8) is 0 Å². The third-order valence-electron chi connectivity index (χ3n) is 2.16. The zero-order chi connectivity index (χ0) is 12.3. The van der Waals surface area contributed by atoms with E-state index in [0.717, 1.165) is 11.5 Å². The SMILES string of the molecule is CCN(C)c1sc(C#N)c(N)c1OC(C)C. The van der Waals surface area contributed by atoms with Crippen molar-refractivity contribution in [3.8, 4) is 11.8 Å². The highest BCUT2D eigenvalue weighted by molar-refractivity contribution is 7.17. The summed E-state index contributed by atoms with van der Waals surface area (Å²) >= 11 is 1.38. The van der Waals surface area contributed by atoms with Gasteiger partial charge in [-0.3, -0.25) is 0 Å². The molecule has 1 heterocycles. The predicted molar refractivity (Wildman–Crippen MR) is 68.2 cm³/mol. The van der Waals surface area contributed by atoms with Crippen molar-refractivity contribution in [1.29, 1.82) is 5.26 Å². The zero-order valence-electron chi connectivity index (χ0n) is 10.1. The van der Waals surface area contributed by atoms with Crippen LogP contribution in [0, 0.1) is 11.3 Å². The molecule has 0 aliphatic rings. The number of nitrogens with zero attached hydrogens (tertiary/aromatic N) is 2. The minimum Gasteiger partial charge on any atom is -0.486 e. The molecule has 1 aromatic rings. The molecule has 0 unspecified atom stereocenters. The summed E-state index contributed by atoms with van der Waals surface area (Å²) in [6.07, 6.45) is 0.0486. The molecule has 0 aliphatic carbocycles.